The van der Waals surface area contributed by atoms with Gasteiger partial charge in [-0.2, -0.15) is 0 Å². The van der Waals surface area contributed by atoms with Gasteiger partial charge in [0.15, 0.2) is 20.7 Å². The average Bonchev–Trinajstić information content (AvgIpc) is 3.47. The largest absolute Gasteiger partial charge is 1.00 e. The zero-order valence-electron chi connectivity index (χ0n) is 20.1. The Balaban J connectivity index is 0.00000353. The second-order valence-electron chi connectivity index (χ2n) is 8.23. The average molecular weight is 617 g/mol. The molecule has 1 saturated heterocycles. The minimum absolute atomic E-state index is 0. The van der Waals surface area contributed by atoms with Gasteiger partial charge >= 0.3 is 29.6 Å². The summed E-state index contributed by atoms with van der Waals surface area (Å²) >= 11 is 3.34. The van der Waals surface area contributed by atoms with E-state index < -0.39 is 56.2 Å². The number of thiazole rings is 2. The van der Waals surface area contributed by atoms with Crippen molar-refractivity contribution in [3.05, 3.63) is 51.6 Å². The van der Waals surface area contributed by atoms with Gasteiger partial charge in [0.1, 0.15) is 27.9 Å². The van der Waals surface area contributed by atoms with Crippen LogP contribution in [0, 0.1) is 0 Å². The van der Waals surface area contributed by atoms with Crippen LogP contribution >= 0.6 is 34.4 Å². The van der Waals surface area contributed by atoms with E-state index in [1.165, 1.54) is 16.7 Å². The fraction of sp³-hybridized carbons (Fsp3) is 0.238. The SMILES string of the molecule is Nc1nc(/C(=N/O)C(=O)NC2C(=O)N3C(C(=O)[O-])=C(CS(=O)(=O)Cc4nc5ccccc5s4)CS[C@H]23)cs1.[Na+]. The third-order valence-electron chi connectivity index (χ3n) is 5.68. The fourth-order valence-electron chi connectivity index (χ4n) is 4.09. The number of sulfone groups is 1. The van der Waals surface area contributed by atoms with Crippen molar-refractivity contribution < 1.29 is 62.7 Å². The maximum Gasteiger partial charge on any atom is 1.00 e. The Morgan fingerprint density at radius 3 is 2.64 bits per heavy atom. The van der Waals surface area contributed by atoms with Crippen molar-refractivity contribution in [1.82, 2.24) is 20.2 Å². The van der Waals surface area contributed by atoms with E-state index in [0.717, 1.165) is 32.7 Å². The molecule has 1 aromatic carbocycles. The molecule has 18 heteroatoms. The van der Waals surface area contributed by atoms with Crippen molar-refractivity contribution in [3.63, 3.8) is 0 Å². The van der Waals surface area contributed by atoms with Crippen LogP contribution in [0.4, 0.5) is 5.13 Å². The number of nitrogens with zero attached hydrogens (tertiary/aromatic N) is 4. The van der Waals surface area contributed by atoms with Crippen LogP contribution < -0.4 is 45.7 Å². The van der Waals surface area contributed by atoms with E-state index >= 15 is 0 Å². The molecule has 0 spiro atoms. The number of para-hydroxylation sites is 1. The molecule has 0 bridgehead atoms. The van der Waals surface area contributed by atoms with Crippen LogP contribution in [-0.4, -0.2) is 74.9 Å². The standard InChI is InChI=1S/C21H18N6O7S4.Na/c22-21-24-11(6-36-21)14(26-32)17(28)25-15-18(29)27-16(20(30)31)9(5-35-19(15)27)7-38(33,34)8-13-23-10-3-1-2-4-12(10)37-13;/h1-4,6,15,19,32H,5,7-8H2,(H2,22,24)(H,25,28)(H,30,31);/q;+1/p-1/b26-14-;/t15?,19-;/m1./s1. The van der Waals surface area contributed by atoms with Crippen molar-refractivity contribution in [2.45, 2.75) is 17.2 Å². The molecular weight excluding hydrogens is 600 g/mol. The number of anilines is 1. The number of carboxylic acid groups (broad SMARTS) is 1. The van der Waals surface area contributed by atoms with Crippen molar-refractivity contribution in [2.75, 3.05) is 17.2 Å². The van der Waals surface area contributed by atoms with Crippen molar-refractivity contribution in [3.8, 4) is 0 Å². The molecule has 2 amide bonds. The number of fused-ring (bicyclic) bond motifs is 2. The summed E-state index contributed by atoms with van der Waals surface area (Å²) in [6.07, 6.45) is 0. The van der Waals surface area contributed by atoms with Gasteiger partial charge in [-0.15, -0.1) is 34.4 Å². The molecule has 1 unspecified atom stereocenters. The first-order valence-corrected chi connectivity index (χ1v) is 15.3. The molecular formula is C21H17N6NaO7S4. The first kappa shape index (κ1) is 29.4. The Bertz CT molecular complexity index is 1620. The summed E-state index contributed by atoms with van der Waals surface area (Å²) in [5, 5.41) is 27.7. The first-order valence-electron chi connectivity index (χ1n) is 10.7. The molecule has 39 heavy (non-hydrogen) atoms. The van der Waals surface area contributed by atoms with Crippen LogP contribution in [0.2, 0.25) is 0 Å². The van der Waals surface area contributed by atoms with Gasteiger partial charge in [0.05, 0.1) is 27.6 Å². The number of aromatic nitrogens is 2. The second-order valence-corrected chi connectivity index (χ2v) is 13.4. The third kappa shape index (κ3) is 5.84. The number of nitrogens with one attached hydrogen (secondary N) is 1. The van der Waals surface area contributed by atoms with Crippen molar-refractivity contribution >= 4 is 83.1 Å². The number of nitrogens with two attached hydrogens (primary N) is 1. The third-order valence-corrected chi connectivity index (χ3v) is 10.4. The number of benzene rings is 1. The summed E-state index contributed by atoms with van der Waals surface area (Å²) in [5.41, 5.74) is 5.23. The number of nitrogen functional groups attached to an aromatic ring is 1. The van der Waals surface area contributed by atoms with Gasteiger partial charge in [-0.3, -0.25) is 14.5 Å². The van der Waals surface area contributed by atoms with Gasteiger partial charge in [-0.1, -0.05) is 17.3 Å². The number of β-lactam (4-membered cyclic amide) rings is 1. The number of thioether (sulfide) groups is 1. The Hall–Kier alpha value is -2.54. The Labute approximate surface area is 255 Å². The van der Waals surface area contributed by atoms with E-state index in [-0.39, 0.29) is 57.5 Å². The second kappa shape index (κ2) is 11.5. The van der Waals surface area contributed by atoms with Crippen molar-refractivity contribution in [2.24, 2.45) is 5.16 Å². The van der Waals surface area contributed by atoms with E-state index in [2.05, 4.69) is 20.4 Å². The molecule has 2 atom stereocenters. The minimum atomic E-state index is -3.84. The number of rotatable bonds is 8. The zero-order chi connectivity index (χ0) is 27.2. The molecule has 4 heterocycles. The van der Waals surface area contributed by atoms with Crippen molar-refractivity contribution in [1.29, 1.82) is 0 Å². The van der Waals surface area contributed by atoms with Gasteiger partial charge in [-0.05, 0) is 17.7 Å². The van der Waals surface area contributed by atoms with Crippen LogP contribution in [-0.2, 0) is 30.0 Å². The number of amides is 2. The summed E-state index contributed by atoms with van der Waals surface area (Å²) in [7, 11) is -3.84. The molecule has 3 aromatic rings. The van der Waals surface area contributed by atoms with E-state index in [9.17, 15) is 33.1 Å². The van der Waals surface area contributed by atoms with Crippen LogP contribution in [0.3, 0.4) is 0 Å². The quantitative estimate of drug-likeness (QED) is 0.0745. The fourth-order valence-corrected chi connectivity index (χ4v) is 8.96. The van der Waals surface area contributed by atoms with Gasteiger partial charge in [0, 0.05) is 11.1 Å². The van der Waals surface area contributed by atoms with Gasteiger partial charge in [0.2, 0.25) is 0 Å². The molecule has 2 aliphatic rings. The summed E-state index contributed by atoms with van der Waals surface area (Å²) in [6.45, 7) is 0. The number of aliphatic carboxylic acids is 1. The molecule has 5 rings (SSSR count). The summed E-state index contributed by atoms with van der Waals surface area (Å²) in [6, 6.07) is 6.06. The number of hydrogen-bond acceptors (Lipinski definition) is 14. The van der Waals surface area contributed by atoms with Gasteiger partial charge < -0.3 is 26.2 Å². The molecule has 1 fully saturated rings. The molecule has 198 valence electrons. The molecule has 13 nitrogen and oxygen atoms in total. The number of carbonyl (C=O) groups is 3. The summed E-state index contributed by atoms with van der Waals surface area (Å²) < 4.78 is 26.7. The number of oxime groups is 1. The Kier molecular flexibility index (Phi) is 8.70. The molecule has 2 aliphatic heterocycles. The van der Waals surface area contributed by atoms with Crippen LogP contribution in [0.15, 0.2) is 46.1 Å². The summed E-state index contributed by atoms with van der Waals surface area (Å²) in [4.78, 5) is 46.6. The van der Waals surface area contributed by atoms with E-state index in [1.807, 2.05) is 12.1 Å². The summed E-state index contributed by atoms with van der Waals surface area (Å²) in [5.74, 6) is -4.40. The smallest absolute Gasteiger partial charge is 0.543 e. The molecule has 0 radical (unpaired) electrons. The Morgan fingerprint density at radius 2 is 2.00 bits per heavy atom. The Morgan fingerprint density at radius 1 is 1.26 bits per heavy atom. The zero-order valence-corrected chi connectivity index (χ0v) is 25.3. The van der Waals surface area contributed by atoms with E-state index in [4.69, 9.17) is 5.73 Å². The van der Waals surface area contributed by atoms with Crippen LogP contribution in [0.25, 0.3) is 10.2 Å². The first-order chi connectivity index (χ1) is 18.1. The topological polar surface area (TPSA) is 208 Å². The van der Waals surface area contributed by atoms with E-state index in [1.54, 1.807) is 12.1 Å². The maximum absolute atomic E-state index is 13.0. The van der Waals surface area contributed by atoms with Crippen LogP contribution in [0.5, 0.6) is 0 Å². The van der Waals surface area contributed by atoms with Gasteiger partial charge in [0.25, 0.3) is 11.8 Å². The minimum Gasteiger partial charge on any atom is -0.543 e. The predicted molar refractivity (Wildman–Crippen MR) is 139 cm³/mol. The number of carboxylic acids is 1. The molecule has 0 aliphatic carbocycles. The molecule has 2 aromatic heterocycles. The number of carbonyl (C=O) groups excluding carboxylic acids is 3. The monoisotopic (exact) mass is 616 g/mol. The molecule has 4 N–H and O–H groups in total. The normalized spacial score (nSPS) is 19.3. The van der Waals surface area contributed by atoms with Gasteiger partial charge in [-0.25, -0.2) is 18.4 Å². The molecule has 0 saturated carbocycles. The van der Waals surface area contributed by atoms with Crippen LogP contribution in [0.1, 0.15) is 10.7 Å². The number of hydrogen-bond donors (Lipinski definition) is 3. The maximum atomic E-state index is 13.0. The predicted octanol–water partition coefficient (Wildman–Crippen LogP) is -3.46. The van der Waals surface area contributed by atoms with E-state index in [0.29, 0.717) is 10.5 Å².